The van der Waals surface area contributed by atoms with Gasteiger partial charge in [0.2, 0.25) is 5.91 Å². The van der Waals surface area contributed by atoms with E-state index < -0.39 is 0 Å². The number of carbonyl (C=O) groups is 1. The Bertz CT molecular complexity index is 903. The standard InChI is InChI=1S/C21H25N5O/c1-17(16-26-13-4-9-23-26)21(27)25-12-5-11-24(14-15-25)20-19-7-3-2-6-18(19)8-10-22-20/h2-4,6-10,13,17H,5,11-12,14-16H2,1H3. The van der Waals surface area contributed by atoms with Crippen LogP contribution in [0.4, 0.5) is 5.82 Å². The van der Waals surface area contributed by atoms with E-state index in [1.807, 2.05) is 41.0 Å². The summed E-state index contributed by atoms with van der Waals surface area (Å²) in [6.45, 7) is 5.85. The third-order valence-electron chi connectivity index (χ3n) is 5.20. The van der Waals surface area contributed by atoms with Crippen molar-refractivity contribution in [3.63, 3.8) is 0 Å². The third kappa shape index (κ3) is 3.79. The number of hydrogen-bond donors (Lipinski definition) is 0. The first-order valence-corrected chi connectivity index (χ1v) is 9.57. The van der Waals surface area contributed by atoms with Crippen molar-refractivity contribution >= 4 is 22.5 Å². The van der Waals surface area contributed by atoms with E-state index in [2.05, 4.69) is 39.2 Å². The van der Waals surface area contributed by atoms with Crippen LogP contribution >= 0.6 is 0 Å². The molecule has 0 bridgehead atoms. The van der Waals surface area contributed by atoms with Gasteiger partial charge in [0.15, 0.2) is 0 Å². The number of amides is 1. The zero-order valence-corrected chi connectivity index (χ0v) is 15.7. The van der Waals surface area contributed by atoms with Crippen LogP contribution in [-0.4, -0.2) is 51.8 Å². The second-order valence-electron chi connectivity index (χ2n) is 7.15. The lowest BCUT2D eigenvalue weighted by molar-refractivity contribution is -0.135. The van der Waals surface area contributed by atoms with Crippen molar-refractivity contribution < 1.29 is 4.79 Å². The van der Waals surface area contributed by atoms with Gasteiger partial charge in [0.25, 0.3) is 0 Å². The molecule has 3 aromatic rings. The van der Waals surface area contributed by atoms with Crippen molar-refractivity contribution in [3.05, 3.63) is 55.0 Å². The van der Waals surface area contributed by atoms with Gasteiger partial charge in [0.1, 0.15) is 5.82 Å². The van der Waals surface area contributed by atoms with Crippen molar-refractivity contribution in [1.82, 2.24) is 19.7 Å². The topological polar surface area (TPSA) is 54.3 Å². The highest BCUT2D eigenvalue weighted by Gasteiger charge is 2.24. The maximum absolute atomic E-state index is 12.9. The number of fused-ring (bicyclic) bond motifs is 1. The van der Waals surface area contributed by atoms with Gasteiger partial charge in [-0.15, -0.1) is 0 Å². The minimum absolute atomic E-state index is 0.0767. The van der Waals surface area contributed by atoms with Gasteiger partial charge in [-0.1, -0.05) is 31.2 Å². The molecule has 1 saturated heterocycles. The lowest BCUT2D eigenvalue weighted by Crippen LogP contribution is -2.39. The molecule has 1 aliphatic heterocycles. The van der Waals surface area contributed by atoms with Gasteiger partial charge < -0.3 is 9.80 Å². The van der Waals surface area contributed by atoms with E-state index >= 15 is 0 Å². The Morgan fingerprint density at radius 3 is 2.81 bits per heavy atom. The summed E-state index contributed by atoms with van der Waals surface area (Å²) >= 11 is 0. The van der Waals surface area contributed by atoms with Crippen molar-refractivity contribution in [1.29, 1.82) is 0 Å². The van der Waals surface area contributed by atoms with Crippen LogP contribution in [0.3, 0.4) is 0 Å². The number of hydrogen-bond acceptors (Lipinski definition) is 4. The normalized spacial score (nSPS) is 16.3. The summed E-state index contributed by atoms with van der Waals surface area (Å²) in [5.74, 6) is 1.15. The van der Waals surface area contributed by atoms with Gasteiger partial charge in [-0.3, -0.25) is 9.48 Å². The second kappa shape index (κ2) is 7.78. The average Bonchev–Trinajstić information content (AvgIpc) is 3.09. The molecule has 0 aliphatic carbocycles. The van der Waals surface area contributed by atoms with E-state index in [9.17, 15) is 4.79 Å². The van der Waals surface area contributed by atoms with E-state index in [1.54, 1.807) is 6.20 Å². The van der Waals surface area contributed by atoms with Crippen molar-refractivity contribution in [3.8, 4) is 0 Å². The molecular formula is C21H25N5O. The minimum Gasteiger partial charge on any atom is -0.354 e. The molecule has 1 amide bonds. The van der Waals surface area contributed by atoms with E-state index in [0.29, 0.717) is 6.54 Å². The highest BCUT2D eigenvalue weighted by molar-refractivity contribution is 5.92. The number of pyridine rings is 1. The molecule has 0 spiro atoms. The molecule has 1 atom stereocenters. The van der Waals surface area contributed by atoms with Gasteiger partial charge in [-0.05, 0) is 23.9 Å². The van der Waals surface area contributed by atoms with E-state index in [4.69, 9.17) is 0 Å². The fourth-order valence-corrected chi connectivity index (χ4v) is 3.78. The van der Waals surface area contributed by atoms with Crippen LogP contribution in [0.5, 0.6) is 0 Å². The van der Waals surface area contributed by atoms with Gasteiger partial charge >= 0.3 is 0 Å². The van der Waals surface area contributed by atoms with E-state index in [-0.39, 0.29) is 11.8 Å². The molecule has 6 nitrogen and oxygen atoms in total. The van der Waals surface area contributed by atoms with Gasteiger partial charge in [0.05, 0.1) is 12.5 Å². The molecule has 27 heavy (non-hydrogen) atoms. The maximum Gasteiger partial charge on any atom is 0.227 e. The molecule has 0 saturated carbocycles. The summed E-state index contributed by atoms with van der Waals surface area (Å²) in [7, 11) is 0. The fraction of sp³-hybridized carbons (Fsp3) is 0.381. The Morgan fingerprint density at radius 1 is 1.07 bits per heavy atom. The van der Waals surface area contributed by atoms with Crippen molar-refractivity contribution in [2.45, 2.75) is 19.9 Å². The predicted octanol–water partition coefficient (Wildman–Crippen LogP) is 2.81. The first-order chi connectivity index (χ1) is 13.2. The summed E-state index contributed by atoms with van der Waals surface area (Å²) in [5.41, 5.74) is 0. The Labute approximate surface area is 159 Å². The summed E-state index contributed by atoms with van der Waals surface area (Å²) < 4.78 is 1.83. The smallest absolute Gasteiger partial charge is 0.227 e. The number of benzene rings is 1. The Balaban J connectivity index is 1.45. The molecular weight excluding hydrogens is 338 g/mol. The van der Waals surface area contributed by atoms with Crippen LogP contribution in [-0.2, 0) is 11.3 Å². The molecule has 2 aromatic heterocycles. The highest BCUT2D eigenvalue weighted by Crippen LogP contribution is 2.25. The highest BCUT2D eigenvalue weighted by atomic mass is 16.2. The van der Waals surface area contributed by atoms with Gasteiger partial charge in [-0.2, -0.15) is 5.10 Å². The molecule has 1 aliphatic rings. The average molecular weight is 363 g/mol. The van der Waals surface area contributed by atoms with Crippen LogP contribution in [0.25, 0.3) is 10.8 Å². The van der Waals surface area contributed by atoms with Gasteiger partial charge in [0, 0.05) is 50.2 Å². The SMILES string of the molecule is CC(Cn1cccn1)C(=O)N1CCCN(c2nccc3ccccc23)CC1. The number of rotatable bonds is 4. The number of carbonyl (C=O) groups excluding carboxylic acids is 1. The molecule has 4 rings (SSSR count). The molecule has 1 aromatic carbocycles. The lowest BCUT2D eigenvalue weighted by Gasteiger charge is -2.25. The molecule has 6 heteroatoms. The Hall–Kier alpha value is -2.89. The third-order valence-corrected chi connectivity index (χ3v) is 5.20. The monoisotopic (exact) mass is 363 g/mol. The Morgan fingerprint density at radius 2 is 1.96 bits per heavy atom. The predicted molar refractivity (Wildman–Crippen MR) is 107 cm³/mol. The zero-order chi connectivity index (χ0) is 18.6. The van der Waals surface area contributed by atoms with Crippen LogP contribution in [0, 0.1) is 5.92 Å². The largest absolute Gasteiger partial charge is 0.354 e. The molecule has 0 radical (unpaired) electrons. The number of nitrogens with zero attached hydrogens (tertiary/aromatic N) is 5. The summed E-state index contributed by atoms with van der Waals surface area (Å²) in [6, 6.07) is 12.3. The second-order valence-corrected chi connectivity index (χ2v) is 7.15. The first kappa shape index (κ1) is 17.5. The van der Waals surface area contributed by atoms with Crippen molar-refractivity contribution in [2.75, 3.05) is 31.1 Å². The summed E-state index contributed by atoms with van der Waals surface area (Å²) in [4.78, 5) is 21.8. The van der Waals surface area contributed by atoms with Crippen molar-refractivity contribution in [2.24, 2.45) is 5.92 Å². The number of anilines is 1. The molecule has 1 fully saturated rings. The van der Waals surface area contributed by atoms with Gasteiger partial charge in [-0.25, -0.2) is 4.98 Å². The quantitative estimate of drug-likeness (QED) is 0.715. The van der Waals surface area contributed by atoms with E-state index in [0.717, 1.165) is 38.4 Å². The lowest BCUT2D eigenvalue weighted by atomic mass is 10.1. The molecule has 3 heterocycles. The summed E-state index contributed by atoms with van der Waals surface area (Å²) in [6.07, 6.45) is 6.47. The first-order valence-electron chi connectivity index (χ1n) is 9.57. The van der Waals surface area contributed by atoms with E-state index in [1.165, 1.54) is 10.8 Å². The van der Waals surface area contributed by atoms with Crippen LogP contribution < -0.4 is 4.90 Å². The maximum atomic E-state index is 12.9. The fourth-order valence-electron chi connectivity index (χ4n) is 3.78. The van der Waals surface area contributed by atoms with Crippen LogP contribution in [0.15, 0.2) is 55.0 Å². The molecule has 0 N–H and O–H groups in total. The molecule has 1 unspecified atom stereocenters. The summed E-state index contributed by atoms with van der Waals surface area (Å²) in [5, 5.41) is 6.59. The minimum atomic E-state index is -0.0767. The zero-order valence-electron chi connectivity index (χ0n) is 15.7. The Kier molecular flexibility index (Phi) is 5.05. The number of aromatic nitrogens is 3. The van der Waals surface area contributed by atoms with Crippen LogP contribution in [0.1, 0.15) is 13.3 Å². The molecule has 140 valence electrons. The van der Waals surface area contributed by atoms with Crippen LogP contribution in [0.2, 0.25) is 0 Å².